The predicted octanol–water partition coefficient (Wildman–Crippen LogP) is 2.03. The molecule has 108 valence electrons. The van der Waals surface area contributed by atoms with Gasteiger partial charge in [-0.3, -0.25) is 11.3 Å². The van der Waals surface area contributed by atoms with Gasteiger partial charge >= 0.3 is 0 Å². The monoisotopic (exact) mass is 270 g/mol. The van der Waals surface area contributed by atoms with Gasteiger partial charge in [0.1, 0.15) is 0 Å². The molecule has 0 aliphatic heterocycles. The van der Waals surface area contributed by atoms with Gasteiger partial charge < -0.3 is 9.47 Å². The summed E-state index contributed by atoms with van der Waals surface area (Å²) < 4.78 is 24.2. The van der Waals surface area contributed by atoms with Crippen LogP contribution in [0.15, 0.2) is 18.2 Å². The molecule has 0 fully saturated rings. The molecule has 1 atom stereocenters. The van der Waals surface area contributed by atoms with Gasteiger partial charge in [0.25, 0.3) is 0 Å². The van der Waals surface area contributed by atoms with Crippen molar-refractivity contribution in [2.45, 2.75) is 32.2 Å². The molecule has 19 heavy (non-hydrogen) atoms. The molecule has 0 aliphatic carbocycles. The molecule has 0 radical (unpaired) electrons. The number of nitrogens with one attached hydrogen (secondary N) is 1. The van der Waals surface area contributed by atoms with Crippen molar-refractivity contribution >= 4 is 0 Å². The Morgan fingerprint density at radius 3 is 2.84 bits per heavy atom. The van der Waals surface area contributed by atoms with Crippen LogP contribution in [0, 0.1) is 5.82 Å². The third-order valence-corrected chi connectivity index (χ3v) is 3.01. The maximum atomic E-state index is 14.0. The average Bonchev–Trinajstić information content (AvgIpc) is 2.44. The normalized spacial score (nSPS) is 12.4. The van der Waals surface area contributed by atoms with Crippen LogP contribution in [0.25, 0.3) is 0 Å². The molecular weight excluding hydrogens is 247 g/mol. The summed E-state index contributed by atoms with van der Waals surface area (Å²) in [4.78, 5) is 0. The summed E-state index contributed by atoms with van der Waals surface area (Å²) in [5, 5.41) is 0. The fourth-order valence-electron chi connectivity index (χ4n) is 1.96. The summed E-state index contributed by atoms with van der Waals surface area (Å²) in [5.41, 5.74) is 3.34. The molecule has 0 bridgehead atoms. The van der Waals surface area contributed by atoms with Crippen molar-refractivity contribution in [1.82, 2.24) is 5.43 Å². The van der Waals surface area contributed by atoms with Crippen molar-refractivity contribution in [2.75, 3.05) is 20.3 Å². The number of benzene rings is 1. The van der Waals surface area contributed by atoms with Gasteiger partial charge in [-0.25, -0.2) is 4.39 Å². The van der Waals surface area contributed by atoms with Gasteiger partial charge in [-0.15, -0.1) is 0 Å². The van der Waals surface area contributed by atoms with Gasteiger partial charge in [-0.05, 0) is 37.8 Å². The second-order valence-electron chi connectivity index (χ2n) is 4.34. The molecule has 5 heteroatoms. The van der Waals surface area contributed by atoms with Gasteiger partial charge in [-0.1, -0.05) is 12.1 Å². The smallest absolute Gasteiger partial charge is 0.168 e. The Morgan fingerprint density at radius 1 is 1.42 bits per heavy atom. The Kier molecular flexibility index (Phi) is 7.40. The Labute approximate surface area is 114 Å². The molecule has 1 unspecified atom stereocenters. The van der Waals surface area contributed by atoms with Gasteiger partial charge in [0.05, 0.1) is 7.11 Å². The van der Waals surface area contributed by atoms with Crippen molar-refractivity contribution in [1.29, 1.82) is 0 Å². The van der Waals surface area contributed by atoms with E-state index in [1.807, 2.05) is 6.92 Å². The Morgan fingerprint density at radius 2 is 2.21 bits per heavy atom. The van der Waals surface area contributed by atoms with E-state index < -0.39 is 0 Å². The minimum atomic E-state index is -0.310. The number of ether oxygens (including phenoxy) is 2. The predicted molar refractivity (Wildman–Crippen MR) is 73.5 cm³/mol. The van der Waals surface area contributed by atoms with Crippen molar-refractivity contribution < 1.29 is 13.9 Å². The fourth-order valence-corrected chi connectivity index (χ4v) is 1.96. The van der Waals surface area contributed by atoms with Crippen molar-refractivity contribution in [3.05, 3.63) is 29.6 Å². The first-order chi connectivity index (χ1) is 9.22. The van der Waals surface area contributed by atoms with E-state index in [-0.39, 0.29) is 17.6 Å². The lowest BCUT2D eigenvalue weighted by Gasteiger charge is -2.17. The highest BCUT2D eigenvalue weighted by Crippen LogP contribution is 2.21. The second-order valence-corrected chi connectivity index (χ2v) is 4.34. The van der Waals surface area contributed by atoms with Gasteiger partial charge in [-0.2, -0.15) is 0 Å². The highest BCUT2D eigenvalue weighted by molar-refractivity contribution is 5.31. The summed E-state index contributed by atoms with van der Waals surface area (Å²) >= 11 is 0. The molecule has 0 spiro atoms. The summed E-state index contributed by atoms with van der Waals surface area (Å²) in [6.45, 7) is 3.38. The zero-order valence-corrected chi connectivity index (χ0v) is 11.6. The first-order valence-electron chi connectivity index (χ1n) is 6.58. The van der Waals surface area contributed by atoms with Crippen LogP contribution in [0.5, 0.6) is 5.75 Å². The van der Waals surface area contributed by atoms with E-state index in [9.17, 15) is 4.39 Å². The van der Waals surface area contributed by atoms with Crippen LogP contribution in [0.4, 0.5) is 4.39 Å². The van der Waals surface area contributed by atoms with E-state index in [2.05, 4.69) is 5.43 Å². The van der Waals surface area contributed by atoms with E-state index in [0.29, 0.717) is 25.2 Å². The minimum Gasteiger partial charge on any atom is -0.494 e. The van der Waals surface area contributed by atoms with Gasteiger partial charge in [0.15, 0.2) is 11.6 Å². The maximum absolute atomic E-state index is 14.0. The number of halogens is 1. The van der Waals surface area contributed by atoms with Gasteiger partial charge in [0.2, 0.25) is 0 Å². The van der Waals surface area contributed by atoms with Crippen LogP contribution >= 0.6 is 0 Å². The largest absolute Gasteiger partial charge is 0.494 e. The van der Waals surface area contributed by atoms with Crippen molar-refractivity contribution in [3.63, 3.8) is 0 Å². The SMILES string of the molecule is CCOCCCC(Cc1cccc(OC)c1F)NN. The zero-order chi connectivity index (χ0) is 14.1. The highest BCUT2D eigenvalue weighted by Gasteiger charge is 2.13. The molecule has 1 aromatic carbocycles. The molecule has 0 heterocycles. The molecule has 0 aliphatic rings. The minimum absolute atomic E-state index is 0.0297. The lowest BCUT2D eigenvalue weighted by molar-refractivity contribution is 0.140. The van der Waals surface area contributed by atoms with Crippen LogP contribution in [0.1, 0.15) is 25.3 Å². The number of hydrazine groups is 1. The second kappa shape index (κ2) is 8.85. The van der Waals surface area contributed by atoms with Crippen LogP contribution in [0.2, 0.25) is 0 Å². The summed E-state index contributed by atoms with van der Waals surface area (Å²) in [6.07, 6.45) is 2.27. The number of methoxy groups -OCH3 is 1. The molecule has 3 N–H and O–H groups in total. The van der Waals surface area contributed by atoms with Crippen molar-refractivity contribution in [2.24, 2.45) is 5.84 Å². The van der Waals surface area contributed by atoms with E-state index in [0.717, 1.165) is 12.8 Å². The summed E-state index contributed by atoms with van der Waals surface area (Å²) in [6, 6.07) is 5.18. The standard InChI is InChI=1S/C14H23FN2O2/c1-3-19-9-5-7-12(17-16)10-11-6-4-8-13(18-2)14(11)15/h4,6,8,12,17H,3,5,7,9-10,16H2,1-2H3. The van der Waals surface area contributed by atoms with Crippen LogP contribution < -0.4 is 16.0 Å². The Bertz CT molecular complexity index is 374. The average molecular weight is 270 g/mol. The summed E-state index contributed by atoms with van der Waals surface area (Å²) in [5.74, 6) is 5.47. The first kappa shape index (κ1) is 15.9. The molecule has 0 amide bonds. The summed E-state index contributed by atoms with van der Waals surface area (Å²) in [7, 11) is 1.46. The third kappa shape index (κ3) is 5.14. The molecule has 0 aromatic heterocycles. The number of nitrogens with two attached hydrogens (primary N) is 1. The van der Waals surface area contributed by atoms with E-state index >= 15 is 0 Å². The first-order valence-corrected chi connectivity index (χ1v) is 6.58. The molecule has 0 saturated heterocycles. The van der Waals surface area contributed by atoms with Crippen LogP contribution in [-0.4, -0.2) is 26.4 Å². The van der Waals surface area contributed by atoms with Crippen LogP contribution in [-0.2, 0) is 11.2 Å². The molecular formula is C14H23FN2O2. The molecule has 1 rings (SSSR count). The topological polar surface area (TPSA) is 56.5 Å². The highest BCUT2D eigenvalue weighted by atomic mass is 19.1. The lowest BCUT2D eigenvalue weighted by atomic mass is 10.0. The molecule has 0 saturated carbocycles. The van der Waals surface area contributed by atoms with Crippen LogP contribution in [0.3, 0.4) is 0 Å². The van der Waals surface area contributed by atoms with E-state index in [4.69, 9.17) is 15.3 Å². The number of rotatable bonds is 9. The number of hydrogen-bond donors (Lipinski definition) is 2. The number of hydrogen-bond acceptors (Lipinski definition) is 4. The molecule has 4 nitrogen and oxygen atoms in total. The van der Waals surface area contributed by atoms with Crippen molar-refractivity contribution in [3.8, 4) is 5.75 Å². The zero-order valence-electron chi connectivity index (χ0n) is 11.6. The quantitative estimate of drug-likeness (QED) is 0.409. The van der Waals surface area contributed by atoms with Gasteiger partial charge in [0, 0.05) is 19.3 Å². The third-order valence-electron chi connectivity index (χ3n) is 3.01. The van der Waals surface area contributed by atoms with E-state index in [1.54, 1.807) is 18.2 Å². The van der Waals surface area contributed by atoms with E-state index in [1.165, 1.54) is 7.11 Å². The Hall–Kier alpha value is -1.17. The maximum Gasteiger partial charge on any atom is 0.168 e. The Balaban J connectivity index is 2.55. The fraction of sp³-hybridized carbons (Fsp3) is 0.571. The molecule has 1 aromatic rings. The lowest BCUT2D eigenvalue weighted by Crippen LogP contribution is -2.37.